The van der Waals surface area contributed by atoms with E-state index in [9.17, 15) is 35.1 Å². The Morgan fingerprint density at radius 1 is 0.468 bits per heavy atom. The summed E-state index contributed by atoms with van der Waals surface area (Å²) < 4.78 is 16.7. The van der Waals surface area contributed by atoms with Crippen LogP contribution in [-0.4, -0.2) is 100 Å². The van der Waals surface area contributed by atoms with Gasteiger partial charge in [-0.05, 0) is 83.5 Å². The summed E-state index contributed by atoms with van der Waals surface area (Å²) in [5, 5.41) is 54.2. The molecule has 1 fully saturated rings. The molecule has 0 aromatic heterocycles. The summed E-state index contributed by atoms with van der Waals surface area (Å²) in [7, 11) is 0. The molecule has 452 valence electrons. The van der Waals surface area contributed by atoms with E-state index in [4.69, 9.17) is 14.2 Å². The maximum Gasteiger partial charge on any atom is 0.305 e. The van der Waals surface area contributed by atoms with E-state index in [1.54, 1.807) is 6.08 Å². The summed E-state index contributed by atoms with van der Waals surface area (Å²) in [6.07, 6.45) is 59.8. The molecule has 0 aromatic carbocycles. The number of ether oxygens (including phenoxy) is 3. The zero-order valence-corrected chi connectivity index (χ0v) is 49.9. The lowest BCUT2D eigenvalue weighted by Crippen LogP contribution is -2.60. The Morgan fingerprint density at radius 3 is 1.25 bits per heavy atom. The predicted octanol–water partition coefficient (Wildman–Crippen LogP) is 15.8. The number of amides is 1. The minimum atomic E-state index is -1.57. The van der Waals surface area contributed by atoms with Crippen molar-refractivity contribution in [3.8, 4) is 0 Å². The van der Waals surface area contributed by atoms with Gasteiger partial charge in [-0.15, -0.1) is 0 Å². The zero-order valence-electron chi connectivity index (χ0n) is 49.9. The molecule has 77 heavy (non-hydrogen) atoms. The Bertz CT molecular complexity index is 1370. The highest BCUT2D eigenvalue weighted by atomic mass is 16.7. The lowest BCUT2D eigenvalue weighted by atomic mass is 9.99. The van der Waals surface area contributed by atoms with Gasteiger partial charge in [-0.2, -0.15) is 0 Å². The molecule has 11 heteroatoms. The second kappa shape index (κ2) is 55.8. The molecule has 0 aliphatic carbocycles. The van der Waals surface area contributed by atoms with Crippen molar-refractivity contribution >= 4 is 11.9 Å². The van der Waals surface area contributed by atoms with E-state index < -0.39 is 49.5 Å². The van der Waals surface area contributed by atoms with Crippen LogP contribution < -0.4 is 5.32 Å². The molecule has 1 amide bonds. The molecule has 0 spiro atoms. The molecular formula is C66H123NO10. The second-order valence-electron chi connectivity index (χ2n) is 22.8. The van der Waals surface area contributed by atoms with Crippen molar-refractivity contribution in [1.29, 1.82) is 0 Å². The van der Waals surface area contributed by atoms with Crippen LogP contribution in [0.2, 0.25) is 0 Å². The Morgan fingerprint density at radius 2 is 0.831 bits per heavy atom. The van der Waals surface area contributed by atoms with E-state index in [1.807, 2.05) is 6.08 Å². The van der Waals surface area contributed by atoms with Gasteiger partial charge in [0.15, 0.2) is 6.29 Å². The molecule has 1 aliphatic rings. The molecule has 0 bridgehead atoms. The summed E-state index contributed by atoms with van der Waals surface area (Å²) >= 11 is 0. The van der Waals surface area contributed by atoms with Crippen LogP contribution in [0.15, 0.2) is 36.5 Å². The van der Waals surface area contributed by atoms with Crippen LogP contribution in [-0.2, 0) is 23.8 Å². The van der Waals surface area contributed by atoms with Crippen LogP contribution in [0.1, 0.15) is 309 Å². The molecule has 11 nitrogen and oxygen atoms in total. The van der Waals surface area contributed by atoms with E-state index >= 15 is 0 Å². The number of hydrogen-bond donors (Lipinski definition) is 6. The van der Waals surface area contributed by atoms with Crippen LogP contribution >= 0.6 is 0 Å². The largest absolute Gasteiger partial charge is 0.466 e. The minimum Gasteiger partial charge on any atom is -0.466 e. The van der Waals surface area contributed by atoms with Crippen molar-refractivity contribution in [3.63, 3.8) is 0 Å². The first-order valence-corrected chi connectivity index (χ1v) is 32.8. The summed E-state index contributed by atoms with van der Waals surface area (Å²) in [5.41, 5.74) is 0. The Balaban J connectivity index is 1.97. The van der Waals surface area contributed by atoms with Crippen molar-refractivity contribution in [1.82, 2.24) is 5.32 Å². The normalized spacial score (nSPS) is 18.8. The number of esters is 1. The summed E-state index contributed by atoms with van der Waals surface area (Å²) in [6, 6.07) is -0.814. The predicted molar refractivity (Wildman–Crippen MR) is 320 cm³/mol. The van der Waals surface area contributed by atoms with Gasteiger partial charge in [-0.25, -0.2) is 0 Å². The van der Waals surface area contributed by atoms with E-state index in [1.165, 1.54) is 205 Å². The highest BCUT2D eigenvalue weighted by molar-refractivity contribution is 5.76. The highest BCUT2D eigenvalue weighted by Crippen LogP contribution is 2.23. The average Bonchev–Trinajstić information content (AvgIpc) is 3.43. The van der Waals surface area contributed by atoms with Crippen LogP contribution in [0.3, 0.4) is 0 Å². The SMILES string of the molecule is CCCCCCCCC/C=C\CCCCCCCCCC(=O)OCCCCCCCCCCCCC/C=C\CCCCCCCCCC(=O)NC(COC1OC(CO)C(O)C(O)C1O)C(O)/C=C/CCCCCCCCC. The lowest BCUT2D eigenvalue weighted by molar-refractivity contribution is -0.302. The fraction of sp³-hybridized carbons (Fsp3) is 0.879. The lowest BCUT2D eigenvalue weighted by Gasteiger charge is -2.40. The molecule has 1 rings (SSSR count). The van der Waals surface area contributed by atoms with Gasteiger partial charge in [0.05, 0.1) is 32.0 Å². The molecule has 0 saturated carbocycles. The third kappa shape index (κ3) is 45.2. The topological polar surface area (TPSA) is 175 Å². The number of carbonyl (C=O) groups is 2. The van der Waals surface area contributed by atoms with E-state index in [0.717, 1.165) is 77.0 Å². The van der Waals surface area contributed by atoms with E-state index in [0.29, 0.717) is 19.4 Å². The Hall–Kier alpha value is -2.12. The van der Waals surface area contributed by atoms with Gasteiger partial charge >= 0.3 is 5.97 Å². The molecule has 6 N–H and O–H groups in total. The first-order chi connectivity index (χ1) is 37.7. The first kappa shape index (κ1) is 72.9. The highest BCUT2D eigenvalue weighted by Gasteiger charge is 2.44. The molecule has 7 atom stereocenters. The third-order valence-electron chi connectivity index (χ3n) is 15.5. The van der Waals surface area contributed by atoms with E-state index in [-0.39, 0.29) is 18.5 Å². The Labute approximate surface area is 473 Å². The molecule has 1 heterocycles. The maximum absolute atomic E-state index is 13.0. The van der Waals surface area contributed by atoms with Gasteiger partial charge in [0.25, 0.3) is 0 Å². The number of hydrogen-bond acceptors (Lipinski definition) is 10. The first-order valence-electron chi connectivity index (χ1n) is 32.8. The quantitative estimate of drug-likeness (QED) is 0.0195. The number of unbranched alkanes of at least 4 members (excludes halogenated alkanes) is 39. The van der Waals surface area contributed by atoms with Crippen molar-refractivity contribution in [2.45, 2.75) is 352 Å². The van der Waals surface area contributed by atoms with Crippen LogP contribution in [0.25, 0.3) is 0 Å². The molecule has 7 unspecified atom stereocenters. The smallest absolute Gasteiger partial charge is 0.305 e. The third-order valence-corrected chi connectivity index (χ3v) is 15.5. The molecule has 0 aromatic rings. The number of nitrogens with one attached hydrogen (secondary N) is 1. The molecule has 0 radical (unpaired) electrons. The zero-order chi connectivity index (χ0) is 55.9. The van der Waals surface area contributed by atoms with Crippen molar-refractivity contribution < 1.29 is 49.3 Å². The number of carbonyl (C=O) groups excluding carboxylic acids is 2. The number of rotatable bonds is 57. The Kier molecular flexibility index (Phi) is 52.8. The summed E-state index contributed by atoms with van der Waals surface area (Å²) in [4.78, 5) is 25.1. The fourth-order valence-corrected chi connectivity index (χ4v) is 10.2. The molecule has 1 aliphatic heterocycles. The summed E-state index contributed by atoms with van der Waals surface area (Å²) in [6.45, 7) is 4.32. The van der Waals surface area contributed by atoms with Gasteiger partial charge in [0.1, 0.15) is 24.4 Å². The second-order valence-corrected chi connectivity index (χ2v) is 22.8. The van der Waals surface area contributed by atoms with E-state index in [2.05, 4.69) is 43.5 Å². The number of aliphatic hydroxyl groups excluding tert-OH is 5. The van der Waals surface area contributed by atoms with Crippen molar-refractivity contribution in [2.24, 2.45) is 0 Å². The van der Waals surface area contributed by atoms with Gasteiger partial charge in [0, 0.05) is 12.8 Å². The summed E-state index contributed by atoms with van der Waals surface area (Å²) in [5.74, 6) is -0.196. The van der Waals surface area contributed by atoms with Crippen molar-refractivity contribution in [2.75, 3.05) is 19.8 Å². The number of aliphatic hydroxyl groups is 5. The van der Waals surface area contributed by atoms with Gasteiger partial charge in [-0.1, -0.05) is 249 Å². The minimum absolute atomic E-state index is 0.00538. The van der Waals surface area contributed by atoms with Gasteiger partial charge in [0.2, 0.25) is 5.91 Å². The van der Waals surface area contributed by atoms with Gasteiger partial charge in [-0.3, -0.25) is 9.59 Å². The standard InChI is InChI=1S/C66H123NO10/c1-3-5-7-9-11-13-14-15-16-17-25-28-31-34-38-42-46-50-54-62(71)75-55-51-47-43-39-35-32-29-26-23-21-19-18-20-22-24-27-30-33-37-41-45-49-53-61(70)67-58(59(69)52-48-44-40-36-12-10-8-6-4-2)57-76-66-65(74)64(73)63(72)60(56-68)77-66/h16-17,20,22,48,52,58-60,63-66,68-69,72-74H,3-15,18-19,21,23-47,49-51,53-57H2,1-2H3,(H,67,70)/b17-16-,22-20-,52-48+. The molecular weight excluding hydrogens is 967 g/mol. The van der Waals surface area contributed by atoms with Crippen LogP contribution in [0, 0.1) is 0 Å². The van der Waals surface area contributed by atoms with Crippen molar-refractivity contribution in [3.05, 3.63) is 36.5 Å². The van der Waals surface area contributed by atoms with Crippen LogP contribution in [0.4, 0.5) is 0 Å². The van der Waals surface area contributed by atoms with Crippen LogP contribution in [0.5, 0.6) is 0 Å². The van der Waals surface area contributed by atoms with Gasteiger partial charge < -0.3 is 45.1 Å². The fourth-order valence-electron chi connectivity index (χ4n) is 10.2. The monoisotopic (exact) mass is 1090 g/mol. The maximum atomic E-state index is 13.0. The average molecular weight is 1090 g/mol. The number of allylic oxidation sites excluding steroid dienone is 5. The molecule has 1 saturated heterocycles.